The van der Waals surface area contributed by atoms with Crippen molar-refractivity contribution in [1.82, 2.24) is 29.7 Å². The SMILES string of the molecule is CCN(/C=C(\F)C=O)CC.O=C(Nc1cn[nH]c1-c1cc(Cl)ccc1OC(F)F)c1cnn2cc(F)cnc12. The van der Waals surface area contributed by atoms with E-state index in [4.69, 9.17) is 11.6 Å². The number of halogens is 5. The molecule has 0 aliphatic rings. The molecule has 4 rings (SSSR count). The van der Waals surface area contributed by atoms with Crippen LogP contribution < -0.4 is 10.1 Å². The van der Waals surface area contributed by atoms with Crippen LogP contribution in [0.5, 0.6) is 5.75 Å². The normalized spacial score (nSPS) is 11.2. The Hall–Kier alpha value is -4.46. The minimum Gasteiger partial charge on any atom is -0.434 e. The number of amides is 1. The maximum atomic E-state index is 13.2. The van der Waals surface area contributed by atoms with Gasteiger partial charge in [0.05, 0.1) is 36.2 Å². The fourth-order valence-corrected chi connectivity index (χ4v) is 3.47. The number of nitrogens with one attached hydrogen (secondary N) is 2. The Morgan fingerprint density at radius 2 is 2.00 bits per heavy atom. The number of aromatic nitrogens is 5. The number of anilines is 1. The van der Waals surface area contributed by atoms with E-state index < -0.39 is 24.2 Å². The lowest BCUT2D eigenvalue weighted by Gasteiger charge is -2.13. The number of ether oxygens (including phenoxy) is 1. The highest BCUT2D eigenvalue weighted by atomic mass is 35.5. The number of fused-ring (bicyclic) bond motifs is 1. The van der Waals surface area contributed by atoms with Crippen LogP contribution in [0.15, 0.2) is 55.0 Å². The van der Waals surface area contributed by atoms with Crippen LogP contribution in [0.25, 0.3) is 16.9 Å². The standard InChI is InChI=1S/C17H10ClF3N6O2.C7H12FNO/c18-8-1-2-13(29-17(20)21)10(3-8)14-12(6-23-26-14)25-16(28)11-5-24-27-7-9(19)4-22-15(11)27;1-3-9(4-2)5-7(8)6-10/h1-7,17H,(H,23,26)(H,25,28);5-6H,3-4H2,1-2H3/b;7-5-. The van der Waals surface area contributed by atoms with Crippen LogP contribution in [0.4, 0.5) is 23.2 Å². The van der Waals surface area contributed by atoms with E-state index in [1.54, 1.807) is 4.90 Å². The van der Waals surface area contributed by atoms with Crippen molar-refractivity contribution in [1.29, 1.82) is 0 Å². The number of hydrogen-bond donors (Lipinski definition) is 2. The first kappa shape index (κ1) is 29.1. The zero-order chi connectivity index (χ0) is 28.5. The Labute approximate surface area is 224 Å². The first-order valence-corrected chi connectivity index (χ1v) is 11.7. The van der Waals surface area contributed by atoms with Gasteiger partial charge in [0.1, 0.15) is 11.3 Å². The molecule has 0 saturated heterocycles. The van der Waals surface area contributed by atoms with Crippen molar-refractivity contribution >= 4 is 35.1 Å². The molecule has 0 unspecified atom stereocenters. The summed E-state index contributed by atoms with van der Waals surface area (Å²) < 4.78 is 56.5. The number of alkyl halides is 2. The zero-order valence-electron chi connectivity index (χ0n) is 20.5. The molecule has 4 aromatic rings. The summed E-state index contributed by atoms with van der Waals surface area (Å²) in [5, 5.41) is 13.2. The molecule has 0 saturated carbocycles. The summed E-state index contributed by atoms with van der Waals surface area (Å²) in [7, 11) is 0. The predicted octanol–water partition coefficient (Wildman–Crippen LogP) is 5.10. The third-order valence-electron chi connectivity index (χ3n) is 5.11. The summed E-state index contributed by atoms with van der Waals surface area (Å²) >= 11 is 5.97. The van der Waals surface area contributed by atoms with Gasteiger partial charge in [0, 0.05) is 29.9 Å². The topological polar surface area (TPSA) is 118 Å². The van der Waals surface area contributed by atoms with Crippen LogP contribution in [0.1, 0.15) is 24.2 Å². The van der Waals surface area contributed by atoms with Gasteiger partial charge in [0.25, 0.3) is 5.91 Å². The van der Waals surface area contributed by atoms with Crippen LogP contribution in [-0.2, 0) is 4.79 Å². The predicted molar refractivity (Wildman–Crippen MR) is 135 cm³/mol. The van der Waals surface area contributed by atoms with Gasteiger partial charge in [-0.05, 0) is 32.0 Å². The highest BCUT2D eigenvalue weighted by Crippen LogP contribution is 2.36. The van der Waals surface area contributed by atoms with Gasteiger partial charge in [-0.3, -0.25) is 14.7 Å². The summed E-state index contributed by atoms with van der Waals surface area (Å²) in [5.74, 6) is -2.10. The second-order valence-electron chi connectivity index (χ2n) is 7.58. The molecule has 15 heteroatoms. The number of H-pyrrole nitrogens is 1. The monoisotopic (exact) mass is 567 g/mol. The van der Waals surface area contributed by atoms with Crippen LogP contribution >= 0.6 is 11.6 Å². The lowest BCUT2D eigenvalue weighted by Crippen LogP contribution is -2.15. The zero-order valence-corrected chi connectivity index (χ0v) is 21.3. The van der Waals surface area contributed by atoms with Crippen molar-refractivity contribution in [3.8, 4) is 17.0 Å². The molecule has 0 fully saturated rings. The number of hydrogen-bond acceptors (Lipinski definition) is 7. The van der Waals surface area contributed by atoms with Crippen LogP contribution in [0.3, 0.4) is 0 Å². The van der Waals surface area contributed by atoms with Gasteiger partial charge in [-0.1, -0.05) is 11.6 Å². The molecular formula is C24H22ClF4N7O3. The Morgan fingerprint density at radius 3 is 2.67 bits per heavy atom. The molecule has 0 atom stereocenters. The van der Waals surface area contributed by atoms with Gasteiger partial charge in [-0.2, -0.15) is 19.0 Å². The number of carbonyl (C=O) groups is 2. The van der Waals surface area contributed by atoms with Crippen molar-refractivity contribution in [2.75, 3.05) is 18.4 Å². The highest BCUT2D eigenvalue weighted by molar-refractivity contribution is 6.31. The van der Waals surface area contributed by atoms with E-state index in [0.29, 0.717) is 0 Å². The molecule has 10 nitrogen and oxygen atoms in total. The summed E-state index contributed by atoms with van der Waals surface area (Å²) in [4.78, 5) is 28.0. The maximum Gasteiger partial charge on any atom is 0.387 e. The van der Waals surface area contributed by atoms with Crippen molar-refractivity contribution in [2.45, 2.75) is 20.5 Å². The van der Waals surface area contributed by atoms with Crippen LogP contribution in [0, 0.1) is 5.82 Å². The number of allylic oxidation sites excluding steroid dienone is 1. The number of carbonyl (C=O) groups excluding carboxylic acids is 2. The molecule has 0 bridgehead atoms. The molecule has 0 radical (unpaired) electrons. The Morgan fingerprint density at radius 1 is 1.26 bits per heavy atom. The fourth-order valence-electron chi connectivity index (χ4n) is 3.30. The van der Waals surface area contributed by atoms with Gasteiger partial charge in [0.2, 0.25) is 0 Å². The molecular weight excluding hydrogens is 546 g/mol. The molecule has 1 aromatic carbocycles. The molecule has 0 aliphatic carbocycles. The van der Waals surface area contributed by atoms with Crippen molar-refractivity contribution in [3.63, 3.8) is 0 Å². The molecule has 0 aliphatic heterocycles. The van der Waals surface area contributed by atoms with E-state index in [-0.39, 0.29) is 45.2 Å². The summed E-state index contributed by atoms with van der Waals surface area (Å²) in [5.41, 5.74) is 0.765. The maximum absolute atomic E-state index is 13.2. The Balaban J connectivity index is 0.000000360. The van der Waals surface area contributed by atoms with Gasteiger partial charge in [0.15, 0.2) is 23.6 Å². The summed E-state index contributed by atoms with van der Waals surface area (Å²) in [6, 6.07) is 4.06. The van der Waals surface area contributed by atoms with Crippen molar-refractivity contribution in [3.05, 3.63) is 71.4 Å². The highest BCUT2D eigenvalue weighted by Gasteiger charge is 2.20. The van der Waals surface area contributed by atoms with Gasteiger partial charge >= 0.3 is 6.61 Å². The second kappa shape index (κ2) is 13.4. The number of nitrogens with zero attached hydrogens (tertiary/aromatic N) is 5. The lowest BCUT2D eigenvalue weighted by molar-refractivity contribution is -0.106. The van der Waals surface area contributed by atoms with E-state index in [1.165, 1.54) is 36.8 Å². The number of aldehydes is 1. The average molecular weight is 568 g/mol. The third kappa shape index (κ3) is 7.54. The number of rotatable bonds is 9. The van der Waals surface area contributed by atoms with Gasteiger partial charge in [-0.25, -0.2) is 18.3 Å². The smallest absolute Gasteiger partial charge is 0.387 e. The minimum absolute atomic E-state index is 0.0762. The third-order valence-corrected chi connectivity index (χ3v) is 5.35. The van der Waals surface area contributed by atoms with Crippen molar-refractivity contribution < 1.29 is 31.9 Å². The van der Waals surface area contributed by atoms with E-state index >= 15 is 0 Å². The van der Waals surface area contributed by atoms with Crippen molar-refractivity contribution in [2.24, 2.45) is 0 Å². The van der Waals surface area contributed by atoms with Crippen LogP contribution in [-0.4, -0.2) is 61.6 Å². The molecule has 206 valence electrons. The summed E-state index contributed by atoms with van der Waals surface area (Å²) in [6.07, 6.45) is 5.96. The van der Waals surface area contributed by atoms with Crippen LogP contribution in [0.2, 0.25) is 5.02 Å². The molecule has 39 heavy (non-hydrogen) atoms. The number of aromatic amines is 1. The minimum atomic E-state index is -3.05. The largest absolute Gasteiger partial charge is 0.434 e. The molecule has 1 amide bonds. The molecule has 3 aromatic heterocycles. The lowest BCUT2D eigenvalue weighted by atomic mass is 10.1. The first-order valence-electron chi connectivity index (χ1n) is 11.3. The van der Waals surface area contributed by atoms with Gasteiger partial charge < -0.3 is 15.0 Å². The molecule has 0 spiro atoms. The second-order valence-corrected chi connectivity index (χ2v) is 8.02. The Kier molecular flexibility index (Phi) is 9.98. The van der Waals surface area contributed by atoms with E-state index in [0.717, 1.165) is 30.0 Å². The van der Waals surface area contributed by atoms with E-state index in [1.807, 2.05) is 13.8 Å². The Bertz CT molecular complexity index is 1470. The van der Waals surface area contributed by atoms with Gasteiger partial charge in [-0.15, -0.1) is 0 Å². The quantitative estimate of drug-likeness (QED) is 0.164. The average Bonchev–Trinajstić information content (AvgIpc) is 3.54. The molecule has 2 N–H and O–H groups in total. The summed E-state index contributed by atoms with van der Waals surface area (Å²) in [6.45, 7) is 2.19. The number of benzene rings is 1. The molecule has 3 heterocycles. The van der Waals surface area contributed by atoms with E-state index in [9.17, 15) is 27.2 Å². The van der Waals surface area contributed by atoms with E-state index in [2.05, 4.69) is 30.3 Å². The first-order chi connectivity index (χ1) is 18.7. The fraction of sp³-hybridized carbons (Fsp3) is 0.208.